The second-order valence-corrected chi connectivity index (χ2v) is 5.91. The largest absolute Gasteiger partial charge is 0.479 e. The van der Waals surface area contributed by atoms with Crippen LogP contribution < -0.4 is 0 Å². The molecule has 0 aromatic carbocycles. The zero-order chi connectivity index (χ0) is 22.9. The van der Waals surface area contributed by atoms with Crippen molar-refractivity contribution in [1.29, 1.82) is 0 Å². The molecule has 0 spiro atoms. The summed E-state index contributed by atoms with van der Waals surface area (Å²) in [5.41, 5.74) is 0. The van der Waals surface area contributed by atoms with Gasteiger partial charge in [0.25, 0.3) is 0 Å². The van der Waals surface area contributed by atoms with Crippen LogP contribution in [0.4, 0.5) is 0 Å². The fourth-order valence-electron chi connectivity index (χ4n) is 1.57. The van der Waals surface area contributed by atoms with Crippen LogP contribution in [0.1, 0.15) is 41.5 Å². The molecule has 0 rings (SSSR count). The highest BCUT2D eigenvalue weighted by molar-refractivity contribution is 5.86. The minimum absolute atomic E-state index is 0.716. The van der Waals surface area contributed by atoms with E-state index in [4.69, 9.17) is 19.3 Å². The highest BCUT2D eigenvalue weighted by Crippen LogP contribution is 2.07. The van der Waals surface area contributed by atoms with E-state index in [1.165, 1.54) is 13.8 Å². The van der Waals surface area contributed by atoms with Crippen molar-refractivity contribution in [3.63, 3.8) is 0 Å². The molecule has 12 nitrogen and oxygen atoms in total. The SMILES string of the molecule is CC(=O)O[C@@H](C)C(=O)O[C@@H](C)C(=O)O[C@@H](C)C(=O)O[C@@H](C)C(=O)O[C@@H](C)C(=O)O. The third kappa shape index (κ3) is 9.53. The Morgan fingerprint density at radius 1 is 0.517 bits per heavy atom. The van der Waals surface area contributed by atoms with Gasteiger partial charge < -0.3 is 28.8 Å². The van der Waals surface area contributed by atoms with Crippen molar-refractivity contribution in [2.75, 3.05) is 0 Å². The van der Waals surface area contributed by atoms with Crippen molar-refractivity contribution in [2.45, 2.75) is 72.1 Å². The number of hydrogen-bond donors (Lipinski definition) is 1. The average molecular weight is 420 g/mol. The van der Waals surface area contributed by atoms with Crippen molar-refractivity contribution in [2.24, 2.45) is 0 Å². The molecule has 0 aromatic rings. The maximum Gasteiger partial charge on any atom is 0.347 e. The first-order chi connectivity index (χ1) is 13.3. The molecule has 0 aliphatic rings. The van der Waals surface area contributed by atoms with Gasteiger partial charge >= 0.3 is 35.8 Å². The van der Waals surface area contributed by atoms with Crippen molar-refractivity contribution in [3.8, 4) is 0 Å². The molecule has 0 saturated heterocycles. The van der Waals surface area contributed by atoms with E-state index >= 15 is 0 Å². The van der Waals surface area contributed by atoms with Crippen LogP contribution >= 0.6 is 0 Å². The number of carbonyl (C=O) groups is 6. The zero-order valence-electron chi connectivity index (χ0n) is 16.8. The summed E-state index contributed by atoms with van der Waals surface area (Å²) in [5.74, 6) is -6.40. The summed E-state index contributed by atoms with van der Waals surface area (Å²) in [7, 11) is 0. The Kier molecular flexibility index (Phi) is 10.3. The van der Waals surface area contributed by atoms with Crippen molar-refractivity contribution < 1.29 is 57.6 Å². The predicted molar refractivity (Wildman–Crippen MR) is 91.1 cm³/mol. The Morgan fingerprint density at radius 3 is 1.00 bits per heavy atom. The maximum atomic E-state index is 11.9. The Balaban J connectivity index is 4.60. The van der Waals surface area contributed by atoms with Gasteiger partial charge in [-0.2, -0.15) is 0 Å². The fourth-order valence-corrected chi connectivity index (χ4v) is 1.57. The van der Waals surface area contributed by atoms with Crippen LogP contribution in [-0.2, 0) is 52.5 Å². The quantitative estimate of drug-likeness (QED) is 0.364. The summed E-state index contributed by atoms with van der Waals surface area (Å²) in [6.45, 7) is 6.91. The predicted octanol–water partition coefficient (Wildman–Crippen LogP) is -0.251. The first-order valence-electron chi connectivity index (χ1n) is 8.48. The molecule has 164 valence electrons. The molecule has 12 heteroatoms. The number of carboxylic acids is 1. The lowest BCUT2D eigenvalue weighted by atomic mass is 10.3. The Bertz CT molecular complexity index is 655. The summed E-state index contributed by atoms with van der Waals surface area (Å²) >= 11 is 0. The van der Waals surface area contributed by atoms with E-state index in [9.17, 15) is 28.8 Å². The molecule has 0 heterocycles. The molecular formula is C17H24O12. The van der Waals surface area contributed by atoms with Crippen LogP contribution in [0.15, 0.2) is 0 Å². The standard InChI is InChI=1S/C17H24O12/c1-7(13(19)20)26-15(22)9(3)28-17(24)11(5)29-16(23)10(4)27-14(21)8(2)25-12(6)18/h7-11H,1-6H3,(H,19,20)/t7-,8-,9-,10-,11-/m0/s1. The molecule has 0 radical (unpaired) electrons. The van der Waals surface area contributed by atoms with E-state index in [0.29, 0.717) is 0 Å². The van der Waals surface area contributed by atoms with E-state index in [0.717, 1.165) is 27.7 Å². The summed E-state index contributed by atoms with van der Waals surface area (Å²) in [4.78, 5) is 68.6. The number of rotatable bonds is 10. The number of ether oxygens (including phenoxy) is 5. The van der Waals surface area contributed by atoms with Gasteiger partial charge in [-0.1, -0.05) is 0 Å². The lowest BCUT2D eigenvalue weighted by molar-refractivity contribution is -0.186. The Hall–Kier alpha value is -3.18. The molecule has 0 aromatic heterocycles. The second-order valence-electron chi connectivity index (χ2n) is 5.91. The summed E-state index contributed by atoms with van der Waals surface area (Å²) in [5, 5.41) is 8.67. The molecule has 5 atom stereocenters. The topological polar surface area (TPSA) is 169 Å². The van der Waals surface area contributed by atoms with Gasteiger partial charge in [0.05, 0.1) is 0 Å². The van der Waals surface area contributed by atoms with Gasteiger partial charge in [-0.25, -0.2) is 24.0 Å². The van der Waals surface area contributed by atoms with Gasteiger partial charge in [-0.15, -0.1) is 0 Å². The van der Waals surface area contributed by atoms with Crippen molar-refractivity contribution in [3.05, 3.63) is 0 Å². The van der Waals surface area contributed by atoms with Crippen molar-refractivity contribution in [1.82, 2.24) is 0 Å². The van der Waals surface area contributed by atoms with E-state index in [1.54, 1.807) is 0 Å². The van der Waals surface area contributed by atoms with Crippen LogP contribution in [-0.4, -0.2) is 71.4 Å². The van der Waals surface area contributed by atoms with Crippen LogP contribution in [0.25, 0.3) is 0 Å². The minimum Gasteiger partial charge on any atom is -0.479 e. The number of carboxylic acid groups (broad SMARTS) is 1. The minimum atomic E-state index is -1.47. The van der Waals surface area contributed by atoms with E-state index in [1.807, 2.05) is 0 Å². The lowest BCUT2D eigenvalue weighted by Gasteiger charge is -2.19. The zero-order valence-corrected chi connectivity index (χ0v) is 16.8. The molecular weight excluding hydrogens is 396 g/mol. The van der Waals surface area contributed by atoms with Gasteiger partial charge in [0.15, 0.2) is 30.5 Å². The maximum absolute atomic E-state index is 11.9. The third-order valence-electron chi connectivity index (χ3n) is 3.19. The van der Waals surface area contributed by atoms with Gasteiger partial charge in [-0.05, 0) is 34.6 Å². The van der Waals surface area contributed by atoms with E-state index in [2.05, 4.69) is 9.47 Å². The molecule has 0 aliphatic heterocycles. The lowest BCUT2D eigenvalue weighted by Crippen LogP contribution is -2.38. The normalized spacial score (nSPS) is 15.5. The molecule has 0 fully saturated rings. The number of hydrogen-bond acceptors (Lipinski definition) is 11. The number of aliphatic carboxylic acids is 1. The Labute approximate surface area is 166 Å². The summed E-state index contributed by atoms with van der Waals surface area (Å²) in [6, 6.07) is 0. The van der Waals surface area contributed by atoms with Crippen LogP contribution in [0.3, 0.4) is 0 Å². The molecule has 0 saturated carbocycles. The summed E-state index contributed by atoms with van der Waals surface area (Å²) in [6.07, 6.45) is -7.03. The average Bonchev–Trinajstić information content (AvgIpc) is 2.60. The smallest absolute Gasteiger partial charge is 0.347 e. The van der Waals surface area contributed by atoms with Crippen LogP contribution in [0, 0.1) is 0 Å². The van der Waals surface area contributed by atoms with E-state index < -0.39 is 66.3 Å². The fraction of sp³-hybridized carbons (Fsp3) is 0.647. The summed E-state index contributed by atoms with van der Waals surface area (Å²) < 4.78 is 23.5. The molecule has 0 amide bonds. The molecule has 0 unspecified atom stereocenters. The first kappa shape index (κ1) is 25.8. The van der Waals surface area contributed by atoms with E-state index in [-0.39, 0.29) is 0 Å². The van der Waals surface area contributed by atoms with Gasteiger partial charge in [0.2, 0.25) is 0 Å². The molecule has 0 aliphatic carbocycles. The third-order valence-corrected chi connectivity index (χ3v) is 3.19. The van der Waals surface area contributed by atoms with Gasteiger partial charge in [0.1, 0.15) is 0 Å². The van der Waals surface area contributed by atoms with Gasteiger partial charge in [-0.3, -0.25) is 4.79 Å². The second kappa shape index (κ2) is 11.6. The highest BCUT2D eigenvalue weighted by atomic mass is 16.6. The van der Waals surface area contributed by atoms with Crippen molar-refractivity contribution >= 4 is 35.8 Å². The molecule has 0 bridgehead atoms. The Morgan fingerprint density at radius 2 is 0.759 bits per heavy atom. The van der Waals surface area contributed by atoms with Crippen LogP contribution in [0.2, 0.25) is 0 Å². The molecule has 29 heavy (non-hydrogen) atoms. The first-order valence-corrected chi connectivity index (χ1v) is 8.48. The van der Waals surface area contributed by atoms with Crippen LogP contribution in [0.5, 0.6) is 0 Å². The number of carbonyl (C=O) groups excluding carboxylic acids is 5. The molecule has 1 N–H and O–H groups in total. The highest BCUT2D eigenvalue weighted by Gasteiger charge is 2.30. The van der Waals surface area contributed by atoms with Gasteiger partial charge in [0, 0.05) is 6.92 Å². The monoisotopic (exact) mass is 420 g/mol. The number of esters is 5.